The molecule has 2 unspecified atom stereocenters. The number of nitrogen functional groups attached to an aromatic ring is 1. The standard InChI is InChI=1S/C37H32Cl2N5O20P3/c1-57-22-9-19-31(27(38)29(22)46)61-32-20(10-23(58-2)30(47)28(32)39)37(19)18-8-15(5-6-17(18)36(49)62-37)35(48)41-7-3-4-16-12-44(34-26(16)33(40)42-14-43-34)25-11-21(45)24(60-25)13-59-66(53,54)64-67(55,56)63-65(50,51)52/h5-6,8-10,12,14,21,24-25,45-47H,7,11,13H2,1-2H3,(H,41,48)(H,53,54)(H,55,56)(H2,40,42,43)(H2,50,51,52)/t21-,24+,25+/m0/s1. The molecule has 25 nitrogen and oxygen atoms in total. The van der Waals surface area contributed by atoms with E-state index in [1.54, 1.807) is 0 Å². The zero-order chi connectivity index (χ0) is 48.5. The van der Waals surface area contributed by atoms with E-state index in [0.29, 0.717) is 0 Å². The van der Waals surface area contributed by atoms with Crippen molar-refractivity contribution >= 4 is 75.4 Å². The summed E-state index contributed by atoms with van der Waals surface area (Å²) in [4.78, 5) is 72.4. The number of carbonyl (C=O) groups excluding carboxylic acids is 2. The first-order valence-electron chi connectivity index (χ1n) is 18.7. The molecular weight excluding hydrogens is 998 g/mol. The Morgan fingerprint density at radius 3 is 2.22 bits per heavy atom. The number of benzene rings is 3. The van der Waals surface area contributed by atoms with Gasteiger partial charge in [-0.2, -0.15) is 8.62 Å². The van der Waals surface area contributed by atoms with Crippen LogP contribution >= 0.6 is 46.7 Å². The van der Waals surface area contributed by atoms with Crippen LogP contribution in [0.15, 0.2) is 42.9 Å². The number of ether oxygens (including phenoxy) is 5. The highest BCUT2D eigenvalue weighted by Crippen LogP contribution is 2.67. The van der Waals surface area contributed by atoms with Crippen LogP contribution in [0.2, 0.25) is 10.0 Å². The fourth-order valence-electron chi connectivity index (χ4n) is 7.58. The van der Waals surface area contributed by atoms with Gasteiger partial charge in [-0.3, -0.25) is 9.32 Å². The molecule has 5 atom stereocenters. The number of phenolic OH excluding ortho intramolecular Hbond substituents is 2. The number of anilines is 1. The lowest BCUT2D eigenvalue weighted by Crippen LogP contribution is -2.34. The van der Waals surface area contributed by atoms with E-state index >= 15 is 0 Å². The molecule has 1 spiro atoms. The quantitative estimate of drug-likeness (QED) is 0.0482. The fourth-order valence-corrected chi connectivity index (χ4v) is 11.1. The van der Waals surface area contributed by atoms with Gasteiger partial charge < -0.3 is 74.2 Å². The van der Waals surface area contributed by atoms with Gasteiger partial charge in [0.1, 0.15) is 40.2 Å². The Balaban J connectivity index is 1.04. The van der Waals surface area contributed by atoms with Crippen molar-refractivity contribution in [3.05, 3.63) is 86.3 Å². The Morgan fingerprint density at radius 1 is 0.970 bits per heavy atom. The van der Waals surface area contributed by atoms with Crippen LogP contribution in [0.25, 0.3) is 11.0 Å². The molecule has 3 aromatic carbocycles. The number of carbonyl (C=O) groups is 2. The number of methoxy groups -OCH3 is 2. The summed E-state index contributed by atoms with van der Waals surface area (Å²) in [5.74, 6) is 2.54. The monoisotopic (exact) mass is 1030 g/mol. The van der Waals surface area contributed by atoms with E-state index in [2.05, 4.69) is 40.3 Å². The van der Waals surface area contributed by atoms with Gasteiger partial charge in [-0.1, -0.05) is 35.0 Å². The summed E-state index contributed by atoms with van der Waals surface area (Å²) in [6, 6.07) is 6.80. The van der Waals surface area contributed by atoms with Crippen LogP contribution in [0, 0.1) is 11.8 Å². The predicted octanol–water partition coefficient (Wildman–Crippen LogP) is 4.09. The lowest BCUT2D eigenvalue weighted by molar-refractivity contribution is -0.0421. The lowest BCUT2D eigenvalue weighted by Gasteiger charge is -2.37. The topological polar surface area (TPSA) is 370 Å². The molecule has 3 aliphatic rings. The second kappa shape index (κ2) is 17.5. The zero-order valence-corrected chi connectivity index (χ0v) is 38.0. The maximum Gasteiger partial charge on any atom is 0.490 e. The van der Waals surface area contributed by atoms with Crippen molar-refractivity contribution in [3.8, 4) is 46.3 Å². The molecule has 0 radical (unpaired) electrons. The third-order valence-corrected chi connectivity index (χ3v) is 14.9. The molecule has 5 heterocycles. The molecule has 67 heavy (non-hydrogen) atoms. The van der Waals surface area contributed by atoms with Gasteiger partial charge in [0.2, 0.25) is 0 Å². The van der Waals surface area contributed by atoms with Crippen molar-refractivity contribution in [1.82, 2.24) is 19.9 Å². The van der Waals surface area contributed by atoms with Crippen LogP contribution in [0.4, 0.5) is 5.82 Å². The normalized spacial score (nSPS) is 19.8. The average Bonchev–Trinajstić information content (AvgIpc) is 3.91. The number of aromatic hydroxyl groups is 2. The first-order valence-corrected chi connectivity index (χ1v) is 24.0. The number of aliphatic hydroxyl groups excluding tert-OH is 1. The van der Waals surface area contributed by atoms with E-state index in [0.717, 1.165) is 6.33 Å². The molecule has 354 valence electrons. The average molecular weight is 1030 g/mol. The number of aliphatic hydroxyl groups is 1. The Hall–Kier alpha value is -5.51. The summed E-state index contributed by atoms with van der Waals surface area (Å²) >= 11 is 13.2. The van der Waals surface area contributed by atoms with E-state index in [-0.39, 0.29) is 96.2 Å². The van der Waals surface area contributed by atoms with Gasteiger partial charge in [0.05, 0.1) is 61.1 Å². The summed E-state index contributed by atoms with van der Waals surface area (Å²) < 4.78 is 77.1. The molecule has 8 rings (SSSR count). The minimum absolute atomic E-state index is 0.0109. The number of phosphoric ester groups is 1. The first-order chi connectivity index (χ1) is 31.5. The largest absolute Gasteiger partial charge is 0.503 e. The molecule has 0 aliphatic carbocycles. The zero-order valence-electron chi connectivity index (χ0n) is 33.8. The molecule has 5 aromatic rings. The van der Waals surface area contributed by atoms with Crippen LogP contribution in [0.3, 0.4) is 0 Å². The third kappa shape index (κ3) is 8.78. The predicted molar refractivity (Wildman–Crippen MR) is 227 cm³/mol. The number of rotatable bonds is 12. The molecule has 0 saturated carbocycles. The second-order valence-corrected chi connectivity index (χ2v) is 19.6. The van der Waals surface area contributed by atoms with Crippen molar-refractivity contribution in [2.75, 3.05) is 33.1 Å². The van der Waals surface area contributed by atoms with Crippen LogP contribution in [-0.2, 0) is 41.9 Å². The summed E-state index contributed by atoms with van der Waals surface area (Å²) in [7, 11) is -14.4. The maximum absolute atomic E-state index is 13.8. The number of halogens is 2. The van der Waals surface area contributed by atoms with E-state index in [1.165, 1.54) is 55.3 Å². The maximum atomic E-state index is 13.8. The van der Waals surface area contributed by atoms with Gasteiger partial charge in [-0.15, -0.1) is 0 Å². The molecule has 10 N–H and O–H groups in total. The summed E-state index contributed by atoms with van der Waals surface area (Å²) in [6.07, 6.45) is -1.36. The molecule has 30 heteroatoms. The first kappa shape index (κ1) is 48.0. The van der Waals surface area contributed by atoms with Crippen molar-refractivity contribution in [2.24, 2.45) is 0 Å². The Kier molecular flexibility index (Phi) is 12.6. The third-order valence-electron chi connectivity index (χ3n) is 10.4. The number of amides is 1. The number of nitrogens with one attached hydrogen (secondary N) is 1. The van der Waals surface area contributed by atoms with E-state index in [9.17, 15) is 48.4 Å². The molecule has 3 aliphatic heterocycles. The summed E-state index contributed by atoms with van der Waals surface area (Å²) in [6.45, 7) is -1.19. The van der Waals surface area contributed by atoms with Crippen LogP contribution < -0.4 is 25.3 Å². The van der Waals surface area contributed by atoms with Gasteiger partial charge in [0.25, 0.3) is 5.91 Å². The number of phenols is 2. The highest BCUT2D eigenvalue weighted by molar-refractivity contribution is 7.66. The lowest BCUT2D eigenvalue weighted by atomic mass is 9.77. The van der Waals surface area contributed by atoms with Crippen molar-refractivity contribution in [3.63, 3.8) is 0 Å². The Bertz CT molecular complexity index is 3070. The fraction of sp³-hybridized carbons (Fsp3) is 0.243. The van der Waals surface area contributed by atoms with Crippen molar-refractivity contribution < 1.29 is 95.0 Å². The SMILES string of the molecule is COc1cc2c(c(Cl)c1O)Oc1c(cc(OC)c(O)c1Cl)C21OC(=O)c2ccc(C(=O)NCC#Cc3cn([C@H]4C[C@H](O)[C@@H](COP(=O)(O)OP(=O)(O)OP(=O)(O)O)O4)c4ncnc(N)c34)cc21. The number of aromatic nitrogens is 3. The number of hydrogen-bond acceptors (Lipinski definition) is 19. The highest BCUT2D eigenvalue weighted by atomic mass is 35.5. The van der Waals surface area contributed by atoms with Crippen molar-refractivity contribution in [1.29, 1.82) is 0 Å². The van der Waals surface area contributed by atoms with Gasteiger partial charge >= 0.3 is 29.4 Å². The molecule has 2 aromatic heterocycles. The summed E-state index contributed by atoms with van der Waals surface area (Å²) in [5, 5.41) is 34.6. The minimum Gasteiger partial charge on any atom is -0.503 e. The van der Waals surface area contributed by atoms with E-state index < -0.39 is 77.5 Å². The number of fused-ring (bicyclic) bond motifs is 7. The van der Waals surface area contributed by atoms with Gasteiger partial charge in [-0.25, -0.2) is 28.5 Å². The Morgan fingerprint density at radius 2 is 1.61 bits per heavy atom. The minimum atomic E-state index is -5.79. The van der Waals surface area contributed by atoms with Crippen LogP contribution in [0.1, 0.15) is 55.6 Å². The number of phosphoric acid groups is 3. The van der Waals surface area contributed by atoms with Crippen LogP contribution in [-0.4, -0.2) is 101 Å². The van der Waals surface area contributed by atoms with Gasteiger partial charge in [-0.05, 0) is 30.3 Å². The molecule has 1 saturated heterocycles. The van der Waals surface area contributed by atoms with Crippen molar-refractivity contribution in [2.45, 2.75) is 30.5 Å². The molecule has 1 amide bonds. The van der Waals surface area contributed by atoms with Gasteiger partial charge in [0, 0.05) is 23.7 Å². The number of esters is 1. The number of nitrogens with zero attached hydrogens (tertiary/aromatic N) is 3. The van der Waals surface area contributed by atoms with E-state index in [4.69, 9.17) is 62.4 Å². The van der Waals surface area contributed by atoms with Crippen LogP contribution in [0.5, 0.6) is 34.5 Å². The second-order valence-electron chi connectivity index (χ2n) is 14.4. The van der Waals surface area contributed by atoms with E-state index in [1.807, 2.05) is 0 Å². The summed E-state index contributed by atoms with van der Waals surface area (Å²) in [5.41, 5.74) is 4.95. The molecule has 1 fully saturated rings. The number of hydrogen-bond donors (Lipinski definition) is 9. The highest BCUT2D eigenvalue weighted by Gasteiger charge is 2.56. The molecule has 0 bridgehead atoms. The molecular formula is C37H32Cl2N5O20P3. The smallest absolute Gasteiger partial charge is 0.490 e. The Labute approximate surface area is 385 Å². The van der Waals surface area contributed by atoms with Gasteiger partial charge in [0.15, 0.2) is 40.1 Å². The number of nitrogens with two attached hydrogens (primary N) is 1.